The summed E-state index contributed by atoms with van der Waals surface area (Å²) in [5.41, 5.74) is 1.29. The fraction of sp³-hybridized carbons (Fsp3) is 0.462. The number of amides is 1. The van der Waals surface area contributed by atoms with Crippen LogP contribution in [0.1, 0.15) is 12.5 Å². The molecule has 3 nitrogen and oxygen atoms in total. The van der Waals surface area contributed by atoms with Gasteiger partial charge in [0.15, 0.2) is 0 Å². The third kappa shape index (κ3) is 2.61. The number of rotatable bonds is 3. The summed E-state index contributed by atoms with van der Waals surface area (Å²) >= 11 is 0. The lowest BCUT2D eigenvalue weighted by Gasteiger charge is -2.31. The SMILES string of the molecule is CC1NCCN(CCc2ccccc2)C1=O. The highest BCUT2D eigenvalue weighted by molar-refractivity contribution is 5.82. The summed E-state index contributed by atoms with van der Waals surface area (Å²) in [6, 6.07) is 10.3. The quantitative estimate of drug-likeness (QED) is 0.822. The number of carbonyl (C=O) groups excluding carboxylic acids is 1. The average molecular weight is 218 g/mol. The van der Waals surface area contributed by atoms with E-state index in [2.05, 4.69) is 17.4 Å². The Morgan fingerprint density at radius 2 is 2.12 bits per heavy atom. The van der Waals surface area contributed by atoms with E-state index in [1.54, 1.807) is 0 Å². The van der Waals surface area contributed by atoms with Gasteiger partial charge >= 0.3 is 0 Å². The van der Waals surface area contributed by atoms with Gasteiger partial charge in [-0.05, 0) is 18.9 Å². The van der Waals surface area contributed by atoms with E-state index in [1.807, 2.05) is 30.0 Å². The van der Waals surface area contributed by atoms with Crippen molar-refractivity contribution < 1.29 is 4.79 Å². The van der Waals surface area contributed by atoms with Crippen LogP contribution < -0.4 is 5.32 Å². The summed E-state index contributed by atoms with van der Waals surface area (Å²) < 4.78 is 0. The number of nitrogens with zero attached hydrogens (tertiary/aromatic N) is 1. The van der Waals surface area contributed by atoms with Crippen molar-refractivity contribution in [3.8, 4) is 0 Å². The van der Waals surface area contributed by atoms with E-state index >= 15 is 0 Å². The number of hydrogen-bond acceptors (Lipinski definition) is 2. The smallest absolute Gasteiger partial charge is 0.239 e. The standard InChI is InChI=1S/C13H18N2O/c1-11-13(16)15(10-8-14-11)9-7-12-5-3-2-4-6-12/h2-6,11,14H,7-10H2,1H3. The van der Waals surface area contributed by atoms with Gasteiger partial charge in [0.2, 0.25) is 5.91 Å². The van der Waals surface area contributed by atoms with Crippen molar-refractivity contribution >= 4 is 5.91 Å². The number of nitrogens with one attached hydrogen (secondary N) is 1. The molecule has 1 unspecified atom stereocenters. The van der Waals surface area contributed by atoms with Crippen LogP contribution in [0.15, 0.2) is 30.3 Å². The molecule has 1 heterocycles. The van der Waals surface area contributed by atoms with E-state index in [4.69, 9.17) is 0 Å². The summed E-state index contributed by atoms with van der Waals surface area (Å²) in [4.78, 5) is 13.8. The molecule has 1 aromatic rings. The molecular weight excluding hydrogens is 200 g/mol. The zero-order chi connectivity index (χ0) is 11.4. The van der Waals surface area contributed by atoms with Gasteiger partial charge in [0.25, 0.3) is 0 Å². The van der Waals surface area contributed by atoms with Gasteiger partial charge in [0, 0.05) is 19.6 Å². The van der Waals surface area contributed by atoms with Gasteiger partial charge in [0.1, 0.15) is 0 Å². The second kappa shape index (κ2) is 5.12. The Morgan fingerprint density at radius 1 is 1.38 bits per heavy atom. The van der Waals surface area contributed by atoms with Crippen LogP contribution in [0.2, 0.25) is 0 Å². The molecule has 2 rings (SSSR count). The molecule has 1 amide bonds. The van der Waals surface area contributed by atoms with Gasteiger partial charge in [-0.1, -0.05) is 30.3 Å². The van der Waals surface area contributed by atoms with Crippen molar-refractivity contribution in [2.24, 2.45) is 0 Å². The first-order valence-electron chi connectivity index (χ1n) is 5.83. The Morgan fingerprint density at radius 3 is 2.88 bits per heavy atom. The van der Waals surface area contributed by atoms with E-state index in [-0.39, 0.29) is 11.9 Å². The van der Waals surface area contributed by atoms with Crippen LogP contribution >= 0.6 is 0 Å². The summed E-state index contributed by atoms with van der Waals surface area (Å²) in [6.45, 7) is 4.49. The summed E-state index contributed by atoms with van der Waals surface area (Å²) in [5.74, 6) is 0.224. The van der Waals surface area contributed by atoms with Crippen LogP contribution in [0.5, 0.6) is 0 Å². The molecule has 1 fully saturated rings. The maximum absolute atomic E-state index is 11.8. The molecular formula is C13H18N2O. The van der Waals surface area contributed by atoms with Gasteiger partial charge in [0.05, 0.1) is 6.04 Å². The monoisotopic (exact) mass is 218 g/mol. The Hall–Kier alpha value is -1.35. The molecule has 1 aliphatic rings. The van der Waals surface area contributed by atoms with Crippen molar-refractivity contribution in [1.82, 2.24) is 10.2 Å². The lowest BCUT2D eigenvalue weighted by molar-refractivity contribution is -0.135. The fourth-order valence-corrected chi connectivity index (χ4v) is 2.02. The molecule has 86 valence electrons. The zero-order valence-electron chi connectivity index (χ0n) is 9.65. The molecule has 0 saturated carbocycles. The largest absolute Gasteiger partial charge is 0.340 e. The first-order chi connectivity index (χ1) is 7.77. The zero-order valence-corrected chi connectivity index (χ0v) is 9.65. The summed E-state index contributed by atoms with van der Waals surface area (Å²) in [5, 5.41) is 3.17. The molecule has 0 bridgehead atoms. The molecule has 0 radical (unpaired) electrons. The van der Waals surface area contributed by atoms with Crippen molar-refractivity contribution in [3.63, 3.8) is 0 Å². The third-order valence-corrected chi connectivity index (χ3v) is 3.03. The maximum atomic E-state index is 11.8. The predicted molar refractivity (Wildman–Crippen MR) is 64.2 cm³/mol. The molecule has 1 saturated heterocycles. The van der Waals surface area contributed by atoms with Crippen molar-refractivity contribution in [3.05, 3.63) is 35.9 Å². The van der Waals surface area contributed by atoms with Gasteiger partial charge < -0.3 is 10.2 Å². The molecule has 1 atom stereocenters. The number of hydrogen-bond donors (Lipinski definition) is 1. The minimum atomic E-state index is -0.0236. The first kappa shape index (κ1) is 11.1. The minimum Gasteiger partial charge on any atom is -0.340 e. The molecule has 16 heavy (non-hydrogen) atoms. The van der Waals surface area contributed by atoms with Gasteiger partial charge in [-0.25, -0.2) is 0 Å². The molecule has 1 N–H and O–H groups in total. The molecule has 1 aromatic carbocycles. The van der Waals surface area contributed by atoms with Crippen LogP contribution in [0.3, 0.4) is 0 Å². The van der Waals surface area contributed by atoms with Gasteiger partial charge in [-0.2, -0.15) is 0 Å². The first-order valence-corrected chi connectivity index (χ1v) is 5.83. The molecule has 1 aliphatic heterocycles. The van der Waals surface area contributed by atoms with Crippen molar-refractivity contribution in [2.75, 3.05) is 19.6 Å². The highest BCUT2D eigenvalue weighted by Gasteiger charge is 2.23. The second-order valence-electron chi connectivity index (χ2n) is 4.24. The summed E-state index contributed by atoms with van der Waals surface area (Å²) in [6.07, 6.45) is 0.944. The van der Waals surface area contributed by atoms with Crippen molar-refractivity contribution in [1.29, 1.82) is 0 Å². The highest BCUT2D eigenvalue weighted by Crippen LogP contribution is 2.05. The molecule has 3 heteroatoms. The van der Waals surface area contributed by atoms with Gasteiger partial charge in [-0.3, -0.25) is 4.79 Å². The average Bonchev–Trinajstić information content (AvgIpc) is 2.32. The maximum Gasteiger partial charge on any atom is 0.239 e. The Balaban J connectivity index is 1.88. The van der Waals surface area contributed by atoms with E-state index in [0.29, 0.717) is 0 Å². The van der Waals surface area contributed by atoms with Crippen molar-refractivity contribution in [2.45, 2.75) is 19.4 Å². The predicted octanol–water partition coefficient (Wildman–Crippen LogP) is 1.05. The lowest BCUT2D eigenvalue weighted by Crippen LogP contribution is -2.54. The second-order valence-corrected chi connectivity index (χ2v) is 4.24. The van der Waals surface area contributed by atoms with Crippen LogP contribution in [-0.2, 0) is 11.2 Å². The number of piperazine rings is 1. The van der Waals surface area contributed by atoms with Crippen LogP contribution in [-0.4, -0.2) is 36.5 Å². The molecule has 0 aliphatic carbocycles. The fourth-order valence-electron chi connectivity index (χ4n) is 2.02. The Bertz CT molecular complexity index is 350. The topological polar surface area (TPSA) is 32.3 Å². The van der Waals surface area contributed by atoms with Crippen LogP contribution in [0.25, 0.3) is 0 Å². The summed E-state index contributed by atoms with van der Waals surface area (Å²) in [7, 11) is 0. The highest BCUT2D eigenvalue weighted by atomic mass is 16.2. The Kier molecular flexibility index (Phi) is 3.57. The minimum absolute atomic E-state index is 0.0236. The third-order valence-electron chi connectivity index (χ3n) is 3.03. The molecule has 0 aromatic heterocycles. The normalized spacial score (nSPS) is 21.2. The van der Waals surface area contributed by atoms with E-state index in [0.717, 1.165) is 26.1 Å². The van der Waals surface area contributed by atoms with E-state index in [9.17, 15) is 4.79 Å². The van der Waals surface area contributed by atoms with Gasteiger partial charge in [-0.15, -0.1) is 0 Å². The molecule has 0 spiro atoms. The van der Waals surface area contributed by atoms with Crippen LogP contribution in [0.4, 0.5) is 0 Å². The Labute approximate surface area is 96.5 Å². The number of benzene rings is 1. The van der Waals surface area contributed by atoms with Crippen LogP contribution in [0, 0.1) is 0 Å². The van der Waals surface area contributed by atoms with E-state index in [1.165, 1.54) is 5.56 Å². The van der Waals surface area contributed by atoms with E-state index < -0.39 is 0 Å². The number of carbonyl (C=O) groups is 1. The lowest BCUT2D eigenvalue weighted by atomic mass is 10.1.